The Hall–Kier alpha value is -0.250. The third-order valence-corrected chi connectivity index (χ3v) is 4.67. The summed E-state index contributed by atoms with van der Waals surface area (Å²) in [4.78, 5) is 0. The van der Waals surface area contributed by atoms with Gasteiger partial charge in [0, 0.05) is 17.9 Å². The summed E-state index contributed by atoms with van der Waals surface area (Å²) in [7, 11) is 1.68. The van der Waals surface area contributed by atoms with Crippen LogP contribution in [0.5, 0.6) is 5.75 Å². The van der Waals surface area contributed by atoms with Crippen LogP contribution in [0.3, 0.4) is 0 Å². The lowest BCUT2D eigenvalue weighted by atomic mass is 9.79. The van der Waals surface area contributed by atoms with Crippen molar-refractivity contribution in [2.75, 3.05) is 26.2 Å². The van der Waals surface area contributed by atoms with Gasteiger partial charge in [0.05, 0.1) is 18.2 Å². The van der Waals surface area contributed by atoms with Crippen molar-refractivity contribution < 1.29 is 9.47 Å². The molecule has 1 fully saturated rings. The van der Waals surface area contributed by atoms with Crippen LogP contribution in [-0.4, -0.2) is 26.2 Å². The molecule has 1 atom stereocenters. The van der Waals surface area contributed by atoms with E-state index in [1.54, 1.807) is 7.11 Å². The van der Waals surface area contributed by atoms with E-state index in [0.29, 0.717) is 5.88 Å². The summed E-state index contributed by atoms with van der Waals surface area (Å²) in [6, 6.07) is 6.21. The van der Waals surface area contributed by atoms with Gasteiger partial charge in [-0.25, -0.2) is 0 Å². The van der Waals surface area contributed by atoms with Crippen LogP contribution in [0, 0.1) is 5.41 Å². The van der Waals surface area contributed by atoms with Gasteiger partial charge in [0.15, 0.2) is 0 Å². The first-order chi connectivity index (χ1) is 8.69. The minimum absolute atomic E-state index is 0.0911. The molecule has 2 rings (SSSR count). The lowest BCUT2D eigenvalue weighted by Gasteiger charge is -2.35. The fraction of sp³-hybridized carbons (Fsp3) is 0.571. The molecule has 0 saturated carbocycles. The highest BCUT2D eigenvalue weighted by molar-refractivity contribution is 9.10. The molecule has 0 N–H and O–H groups in total. The third kappa shape index (κ3) is 3.19. The normalized spacial score (nSPS) is 23.9. The summed E-state index contributed by atoms with van der Waals surface area (Å²) in [5.74, 6) is 1.51. The molecule has 2 nitrogen and oxygen atoms in total. The summed E-state index contributed by atoms with van der Waals surface area (Å²) >= 11 is 9.69. The highest BCUT2D eigenvalue weighted by Crippen LogP contribution is 2.35. The summed E-state index contributed by atoms with van der Waals surface area (Å²) in [6.07, 6.45) is 3.20. The maximum Gasteiger partial charge on any atom is 0.133 e. The van der Waals surface area contributed by atoms with Crippen molar-refractivity contribution in [3.8, 4) is 5.75 Å². The molecule has 18 heavy (non-hydrogen) atoms. The molecule has 0 aliphatic carbocycles. The molecule has 1 aromatic carbocycles. The van der Waals surface area contributed by atoms with Gasteiger partial charge in [-0.2, -0.15) is 0 Å². The zero-order valence-electron chi connectivity index (χ0n) is 10.5. The van der Waals surface area contributed by atoms with E-state index >= 15 is 0 Å². The number of rotatable bonds is 4. The van der Waals surface area contributed by atoms with Crippen molar-refractivity contribution in [1.29, 1.82) is 0 Å². The van der Waals surface area contributed by atoms with Gasteiger partial charge in [-0.1, -0.05) is 6.07 Å². The van der Waals surface area contributed by atoms with E-state index < -0.39 is 0 Å². The Balaban J connectivity index is 2.14. The molecule has 1 heterocycles. The van der Waals surface area contributed by atoms with Crippen LogP contribution in [0.2, 0.25) is 0 Å². The second-order valence-corrected chi connectivity index (χ2v) is 6.06. The zero-order valence-corrected chi connectivity index (χ0v) is 12.9. The average molecular weight is 334 g/mol. The fourth-order valence-corrected chi connectivity index (χ4v) is 3.35. The molecule has 1 aliphatic rings. The number of methoxy groups -OCH3 is 1. The van der Waals surface area contributed by atoms with Gasteiger partial charge in [0.2, 0.25) is 0 Å². The predicted molar refractivity (Wildman–Crippen MR) is 77.6 cm³/mol. The lowest BCUT2D eigenvalue weighted by Crippen LogP contribution is -2.35. The topological polar surface area (TPSA) is 18.5 Å². The molecule has 1 aliphatic heterocycles. The van der Waals surface area contributed by atoms with Crippen molar-refractivity contribution in [1.82, 2.24) is 0 Å². The van der Waals surface area contributed by atoms with Crippen LogP contribution >= 0.6 is 27.5 Å². The molecule has 0 spiro atoms. The number of hydrogen-bond acceptors (Lipinski definition) is 2. The molecular weight excluding hydrogens is 316 g/mol. The van der Waals surface area contributed by atoms with Gasteiger partial charge in [0.25, 0.3) is 0 Å². The van der Waals surface area contributed by atoms with Crippen molar-refractivity contribution in [3.05, 3.63) is 28.2 Å². The van der Waals surface area contributed by atoms with Gasteiger partial charge in [-0.15, -0.1) is 11.6 Å². The second kappa shape index (κ2) is 6.27. The lowest BCUT2D eigenvalue weighted by molar-refractivity contribution is 0.00476. The molecule has 0 radical (unpaired) electrons. The fourth-order valence-electron chi connectivity index (χ4n) is 2.45. The molecular formula is C14H18BrClO2. The molecule has 100 valence electrons. The predicted octanol–water partition coefficient (Wildman–Crippen LogP) is 4.04. The molecule has 4 heteroatoms. The molecule has 0 aromatic heterocycles. The molecule has 0 amide bonds. The monoisotopic (exact) mass is 332 g/mol. The highest BCUT2D eigenvalue weighted by Gasteiger charge is 2.32. The van der Waals surface area contributed by atoms with Gasteiger partial charge < -0.3 is 9.47 Å². The number of benzene rings is 1. The summed E-state index contributed by atoms with van der Waals surface area (Å²) in [6.45, 7) is 1.63. The standard InChI is InChI=1S/C14H18BrClO2/c1-17-13-4-3-11(7-12(13)15)8-14(9-16)5-2-6-18-10-14/h3-4,7H,2,5-6,8-10H2,1H3. The van der Waals surface area contributed by atoms with Crippen LogP contribution in [0.1, 0.15) is 18.4 Å². The van der Waals surface area contributed by atoms with Crippen molar-refractivity contribution >= 4 is 27.5 Å². The molecule has 1 aromatic rings. The van der Waals surface area contributed by atoms with Gasteiger partial charge >= 0.3 is 0 Å². The number of alkyl halides is 1. The van der Waals surface area contributed by atoms with Crippen LogP contribution in [0.15, 0.2) is 22.7 Å². The van der Waals surface area contributed by atoms with E-state index in [0.717, 1.165) is 42.7 Å². The van der Waals surface area contributed by atoms with E-state index in [1.165, 1.54) is 5.56 Å². The Morgan fingerprint density at radius 1 is 1.50 bits per heavy atom. The SMILES string of the molecule is COc1ccc(CC2(CCl)CCCOC2)cc1Br. The van der Waals surface area contributed by atoms with Crippen LogP contribution < -0.4 is 4.74 Å². The maximum absolute atomic E-state index is 6.17. The van der Waals surface area contributed by atoms with Gasteiger partial charge in [-0.3, -0.25) is 0 Å². The first-order valence-electron chi connectivity index (χ1n) is 6.15. The average Bonchev–Trinajstić information content (AvgIpc) is 2.40. The molecule has 1 saturated heterocycles. The Morgan fingerprint density at radius 3 is 2.89 bits per heavy atom. The zero-order chi connectivity index (χ0) is 13.0. The van der Waals surface area contributed by atoms with Crippen LogP contribution in [0.4, 0.5) is 0 Å². The third-order valence-electron chi connectivity index (χ3n) is 3.48. The smallest absolute Gasteiger partial charge is 0.133 e. The molecule has 0 bridgehead atoms. The quantitative estimate of drug-likeness (QED) is 0.774. The van der Waals surface area contributed by atoms with Crippen molar-refractivity contribution in [2.45, 2.75) is 19.3 Å². The number of hydrogen-bond donors (Lipinski definition) is 0. The van der Waals surface area contributed by atoms with E-state index in [1.807, 2.05) is 6.07 Å². The Kier molecular flexibility index (Phi) is 4.93. The summed E-state index contributed by atoms with van der Waals surface area (Å²) < 4.78 is 11.8. The minimum atomic E-state index is 0.0911. The maximum atomic E-state index is 6.17. The summed E-state index contributed by atoms with van der Waals surface area (Å²) in [5.41, 5.74) is 1.36. The Morgan fingerprint density at radius 2 is 2.33 bits per heavy atom. The minimum Gasteiger partial charge on any atom is -0.496 e. The second-order valence-electron chi connectivity index (χ2n) is 4.94. The molecule has 1 unspecified atom stereocenters. The van der Waals surface area contributed by atoms with E-state index in [9.17, 15) is 0 Å². The first kappa shape index (κ1) is 14.2. The number of halogens is 2. The first-order valence-corrected chi connectivity index (χ1v) is 7.48. The van der Waals surface area contributed by atoms with Gasteiger partial charge in [-0.05, 0) is 52.9 Å². The number of ether oxygens (including phenoxy) is 2. The van der Waals surface area contributed by atoms with E-state index in [-0.39, 0.29) is 5.41 Å². The Bertz CT molecular complexity index is 403. The van der Waals surface area contributed by atoms with Gasteiger partial charge in [0.1, 0.15) is 5.75 Å². The van der Waals surface area contributed by atoms with E-state index in [2.05, 4.69) is 28.1 Å². The van der Waals surface area contributed by atoms with Crippen molar-refractivity contribution in [2.24, 2.45) is 5.41 Å². The van der Waals surface area contributed by atoms with Crippen molar-refractivity contribution in [3.63, 3.8) is 0 Å². The largest absolute Gasteiger partial charge is 0.496 e. The summed E-state index contributed by atoms with van der Waals surface area (Å²) in [5, 5.41) is 0. The van der Waals surface area contributed by atoms with Crippen LogP contribution in [-0.2, 0) is 11.2 Å². The Labute approximate surface area is 122 Å². The highest BCUT2D eigenvalue weighted by atomic mass is 79.9. The van der Waals surface area contributed by atoms with Crippen LogP contribution in [0.25, 0.3) is 0 Å². The van der Waals surface area contributed by atoms with E-state index in [4.69, 9.17) is 21.1 Å².